The number of rotatable bonds is 6. The summed E-state index contributed by atoms with van der Waals surface area (Å²) in [5, 5.41) is 0. The highest BCUT2D eigenvalue weighted by Gasteiger charge is 2.38. The number of hydrogen-bond acceptors (Lipinski definition) is 4. The quantitative estimate of drug-likeness (QED) is 0.786. The van der Waals surface area contributed by atoms with E-state index in [1.165, 1.54) is 0 Å². The maximum Gasteiger partial charge on any atom is 0.232 e. The Labute approximate surface area is 159 Å². The monoisotopic (exact) mass is 368 g/mol. The molecule has 2 aromatic carbocycles. The number of para-hydroxylation sites is 1. The predicted octanol–water partition coefficient (Wildman–Crippen LogP) is 3.11. The van der Waals surface area contributed by atoms with Gasteiger partial charge >= 0.3 is 0 Å². The maximum atomic E-state index is 13.1. The molecule has 2 amide bonds. The number of methoxy groups -OCH3 is 2. The van der Waals surface area contributed by atoms with Crippen LogP contribution in [-0.4, -0.2) is 39.1 Å². The Morgan fingerprint density at radius 2 is 1.89 bits per heavy atom. The van der Waals surface area contributed by atoms with Crippen molar-refractivity contribution in [3.8, 4) is 11.5 Å². The molecule has 6 heteroatoms. The molecule has 1 atom stereocenters. The fourth-order valence-electron chi connectivity index (χ4n) is 3.41. The average Bonchev–Trinajstić information content (AvgIpc) is 3.10. The van der Waals surface area contributed by atoms with Crippen molar-refractivity contribution in [3.05, 3.63) is 48.5 Å². The Morgan fingerprint density at radius 3 is 2.52 bits per heavy atom. The molecule has 0 bridgehead atoms. The summed E-state index contributed by atoms with van der Waals surface area (Å²) in [5.74, 6) is 0.694. The van der Waals surface area contributed by atoms with E-state index in [4.69, 9.17) is 9.47 Å². The molecule has 1 fully saturated rings. The maximum absolute atomic E-state index is 13.1. The Kier molecular flexibility index (Phi) is 5.64. The molecule has 142 valence electrons. The zero-order valence-electron chi connectivity index (χ0n) is 15.8. The number of anilines is 2. The van der Waals surface area contributed by atoms with E-state index in [0.717, 1.165) is 5.69 Å². The van der Waals surface area contributed by atoms with Crippen molar-refractivity contribution >= 4 is 23.2 Å². The largest absolute Gasteiger partial charge is 0.497 e. The summed E-state index contributed by atoms with van der Waals surface area (Å²) in [7, 11) is 3.13. The molecular formula is C21H24N2O4. The average molecular weight is 368 g/mol. The van der Waals surface area contributed by atoms with Crippen LogP contribution in [0.1, 0.15) is 13.3 Å². The van der Waals surface area contributed by atoms with Gasteiger partial charge in [-0.3, -0.25) is 9.59 Å². The molecule has 0 radical (unpaired) electrons. The lowest BCUT2D eigenvalue weighted by atomic mass is 10.1. The summed E-state index contributed by atoms with van der Waals surface area (Å²) in [6, 6.07) is 14.8. The molecule has 0 saturated carbocycles. The minimum absolute atomic E-state index is 0.0352. The van der Waals surface area contributed by atoms with E-state index in [1.54, 1.807) is 42.2 Å². The van der Waals surface area contributed by atoms with Crippen LogP contribution >= 0.6 is 0 Å². The van der Waals surface area contributed by atoms with Crippen LogP contribution in [0.5, 0.6) is 11.5 Å². The number of ether oxygens (including phenoxy) is 2. The molecule has 27 heavy (non-hydrogen) atoms. The SMILES string of the molecule is CCN(C(=O)C1CC(=O)N(c2ccc(OC)cc2OC)C1)c1ccccc1. The lowest BCUT2D eigenvalue weighted by Crippen LogP contribution is -2.37. The number of amides is 2. The van der Waals surface area contributed by atoms with Crippen LogP contribution in [0.4, 0.5) is 11.4 Å². The Hall–Kier alpha value is -3.02. The van der Waals surface area contributed by atoms with Crippen LogP contribution in [0, 0.1) is 5.92 Å². The summed E-state index contributed by atoms with van der Waals surface area (Å²) in [6.07, 6.45) is 0.192. The van der Waals surface area contributed by atoms with Crippen LogP contribution in [0.3, 0.4) is 0 Å². The molecular weight excluding hydrogens is 344 g/mol. The van der Waals surface area contributed by atoms with Gasteiger partial charge in [-0.15, -0.1) is 0 Å². The van der Waals surface area contributed by atoms with E-state index in [1.807, 2.05) is 37.3 Å². The fourth-order valence-corrected chi connectivity index (χ4v) is 3.41. The lowest BCUT2D eigenvalue weighted by Gasteiger charge is -2.24. The third-order valence-electron chi connectivity index (χ3n) is 4.80. The predicted molar refractivity (Wildman–Crippen MR) is 104 cm³/mol. The van der Waals surface area contributed by atoms with Crippen LogP contribution < -0.4 is 19.3 Å². The zero-order valence-corrected chi connectivity index (χ0v) is 15.8. The second kappa shape index (κ2) is 8.12. The standard InChI is InChI=1S/C21H24N2O4/c1-4-22(16-8-6-5-7-9-16)21(25)15-12-20(24)23(14-15)18-11-10-17(26-2)13-19(18)27-3/h5-11,13,15H,4,12,14H2,1-3H3. The minimum atomic E-state index is -0.385. The van der Waals surface area contributed by atoms with Crippen molar-refractivity contribution in [2.75, 3.05) is 37.1 Å². The molecule has 1 unspecified atom stereocenters. The molecule has 3 rings (SSSR count). The molecule has 0 aromatic heterocycles. The van der Waals surface area contributed by atoms with Crippen molar-refractivity contribution in [1.82, 2.24) is 0 Å². The van der Waals surface area contributed by atoms with E-state index in [9.17, 15) is 9.59 Å². The van der Waals surface area contributed by atoms with Crippen molar-refractivity contribution in [3.63, 3.8) is 0 Å². The van der Waals surface area contributed by atoms with Gasteiger partial charge in [-0.05, 0) is 31.2 Å². The summed E-state index contributed by atoms with van der Waals surface area (Å²) in [5.41, 5.74) is 1.50. The number of nitrogens with zero attached hydrogens (tertiary/aromatic N) is 2. The van der Waals surface area contributed by atoms with E-state index in [2.05, 4.69) is 0 Å². The Morgan fingerprint density at radius 1 is 1.15 bits per heavy atom. The number of carbonyl (C=O) groups excluding carboxylic acids is 2. The van der Waals surface area contributed by atoms with Crippen LogP contribution in [0.2, 0.25) is 0 Å². The molecule has 6 nitrogen and oxygen atoms in total. The fraction of sp³-hybridized carbons (Fsp3) is 0.333. The van der Waals surface area contributed by atoms with Gasteiger partial charge in [0, 0.05) is 31.3 Å². The zero-order chi connectivity index (χ0) is 19.4. The van der Waals surface area contributed by atoms with Crippen LogP contribution in [0.25, 0.3) is 0 Å². The first-order valence-corrected chi connectivity index (χ1v) is 8.97. The summed E-state index contributed by atoms with van der Waals surface area (Å²) < 4.78 is 10.6. The highest BCUT2D eigenvalue weighted by Crippen LogP contribution is 2.36. The molecule has 1 aliphatic rings. The van der Waals surface area contributed by atoms with Crippen molar-refractivity contribution in [2.45, 2.75) is 13.3 Å². The van der Waals surface area contributed by atoms with Gasteiger partial charge in [-0.2, -0.15) is 0 Å². The molecule has 0 aliphatic carbocycles. The summed E-state index contributed by atoms with van der Waals surface area (Å²) in [6.45, 7) is 2.83. The smallest absolute Gasteiger partial charge is 0.232 e. The second-order valence-corrected chi connectivity index (χ2v) is 6.36. The first kappa shape index (κ1) is 18.8. The summed E-state index contributed by atoms with van der Waals surface area (Å²) >= 11 is 0. The number of hydrogen-bond donors (Lipinski definition) is 0. The number of carbonyl (C=O) groups is 2. The van der Waals surface area contributed by atoms with Gasteiger partial charge < -0.3 is 19.3 Å². The van der Waals surface area contributed by atoms with Crippen LogP contribution in [-0.2, 0) is 9.59 Å². The highest BCUT2D eigenvalue weighted by atomic mass is 16.5. The van der Waals surface area contributed by atoms with Gasteiger partial charge in [0.1, 0.15) is 11.5 Å². The van der Waals surface area contributed by atoms with Gasteiger partial charge in [0.15, 0.2) is 0 Å². The summed E-state index contributed by atoms with van der Waals surface area (Å²) in [4.78, 5) is 29.0. The molecule has 0 spiro atoms. The highest BCUT2D eigenvalue weighted by molar-refractivity contribution is 6.05. The van der Waals surface area contributed by atoms with E-state index >= 15 is 0 Å². The van der Waals surface area contributed by atoms with Gasteiger partial charge in [-0.25, -0.2) is 0 Å². The molecule has 1 heterocycles. The third-order valence-corrected chi connectivity index (χ3v) is 4.80. The molecule has 2 aromatic rings. The first-order chi connectivity index (χ1) is 13.1. The Balaban J connectivity index is 1.82. The Bertz CT molecular complexity index is 822. The van der Waals surface area contributed by atoms with Crippen molar-refractivity contribution in [2.24, 2.45) is 5.92 Å². The molecule has 1 aliphatic heterocycles. The van der Waals surface area contributed by atoms with E-state index in [-0.39, 0.29) is 24.2 Å². The lowest BCUT2D eigenvalue weighted by molar-refractivity contribution is -0.124. The second-order valence-electron chi connectivity index (χ2n) is 6.36. The van der Waals surface area contributed by atoms with Crippen molar-refractivity contribution < 1.29 is 19.1 Å². The van der Waals surface area contributed by atoms with Gasteiger partial charge in [0.05, 0.1) is 25.8 Å². The third kappa shape index (κ3) is 3.74. The molecule has 1 saturated heterocycles. The van der Waals surface area contributed by atoms with Crippen LogP contribution in [0.15, 0.2) is 48.5 Å². The first-order valence-electron chi connectivity index (χ1n) is 8.97. The molecule has 0 N–H and O–H groups in total. The van der Waals surface area contributed by atoms with E-state index < -0.39 is 0 Å². The normalized spacial score (nSPS) is 16.3. The van der Waals surface area contributed by atoms with Gasteiger partial charge in [0.2, 0.25) is 11.8 Å². The van der Waals surface area contributed by atoms with Crippen molar-refractivity contribution in [1.29, 1.82) is 0 Å². The van der Waals surface area contributed by atoms with Gasteiger partial charge in [0.25, 0.3) is 0 Å². The minimum Gasteiger partial charge on any atom is -0.497 e. The topological polar surface area (TPSA) is 59.1 Å². The number of benzene rings is 2. The van der Waals surface area contributed by atoms with Gasteiger partial charge in [-0.1, -0.05) is 18.2 Å². The van der Waals surface area contributed by atoms with E-state index in [0.29, 0.717) is 30.3 Å².